The van der Waals surface area contributed by atoms with Crippen LogP contribution in [0.15, 0.2) is 47.7 Å². The van der Waals surface area contributed by atoms with Gasteiger partial charge in [-0.05, 0) is 36.4 Å². The minimum atomic E-state index is 0.149. The Labute approximate surface area is 114 Å². The zero-order chi connectivity index (χ0) is 13.2. The van der Waals surface area contributed by atoms with E-state index < -0.39 is 0 Å². The third-order valence-corrected chi connectivity index (χ3v) is 2.98. The lowest BCUT2D eigenvalue weighted by Crippen LogP contribution is -1.82. The van der Waals surface area contributed by atoms with Crippen LogP contribution in [0.5, 0.6) is 5.75 Å². The van der Waals surface area contributed by atoms with Gasteiger partial charge in [0.2, 0.25) is 0 Å². The second-order valence-corrected chi connectivity index (χ2v) is 4.50. The van der Waals surface area contributed by atoms with Crippen molar-refractivity contribution < 1.29 is 5.11 Å². The second kappa shape index (κ2) is 4.74. The van der Waals surface area contributed by atoms with Crippen LogP contribution < -0.4 is 0 Å². The number of nitrogens with one attached hydrogen (secondary N) is 1. The summed E-state index contributed by atoms with van der Waals surface area (Å²) in [6.45, 7) is 0. The highest BCUT2D eigenvalue weighted by atomic mass is 35.5. The van der Waals surface area contributed by atoms with E-state index in [9.17, 15) is 5.11 Å². The van der Waals surface area contributed by atoms with Gasteiger partial charge in [0.25, 0.3) is 0 Å². The van der Waals surface area contributed by atoms with Crippen LogP contribution in [-0.4, -0.2) is 21.3 Å². The fourth-order valence-electron chi connectivity index (χ4n) is 1.78. The number of imidazole rings is 1. The summed E-state index contributed by atoms with van der Waals surface area (Å²) in [6, 6.07) is 10.5. The Kier molecular flexibility index (Phi) is 2.93. The first-order valence-electron chi connectivity index (χ1n) is 5.68. The quantitative estimate of drug-likeness (QED) is 0.699. The molecule has 0 amide bonds. The molecular formula is C14H10ClN3O. The van der Waals surface area contributed by atoms with Crippen LogP contribution in [0.25, 0.3) is 11.0 Å². The van der Waals surface area contributed by atoms with Gasteiger partial charge in [-0.25, -0.2) is 4.98 Å². The van der Waals surface area contributed by atoms with Crippen LogP contribution in [0.1, 0.15) is 5.56 Å². The van der Waals surface area contributed by atoms with Crippen LogP contribution in [0.4, 0.5) is 5.69 Å². The molecule has 3 rings (SSSR count). The fourth-order valence-corrected chi connectivity index (χ4v) is 1.96. The van der Waals surface area contributed by atoms with E-state index in [1.54, 1.807) is 30.7 Å². The number of benzene rings is 2. The van der Waals surface area contributed by atoms with Gasteiger partial charge >= 0.3 is 0 Å². The van der Waals surface area contributed by atoms with Gasteiger partial charge in [0, 0.05) is 16.8 Å². The third kappa shape index (κ3) is 2.44. The lowest BCUT2D eigenvalue weighted by Gasteiger charge is -1.99. The van der Waals surface area contributed by atoms with E-state index in [-0.39, 0.29) is 5.75 Å². The van der Waals surface area contributed by atoms with Gasteiger partial charge in [-0.3, -0.25) is 4.99 Å². The Bertz CT molecular complexity index is 764. The molecule has 0 saturated carbocycles. The zero-order valence-corrected chi connectivity index (χ0v) is 10.6. The van der Waals surface area contributed by atoms with Gasteiger partial charge in [0.1, 0.15) is 5.75 Å². The molecule has 5 heteroatoms. The Morgan fingerprint density at radius 1 is 1.21 bits per heavy atom. The monoisotopic (exact) mass is 271 g/mol. The summed E-state index contributed by atoms with van der Waals surface area (Å²) in [7, 11) is 0. The van der Waals surface area contributed by atoms with Crippen LogP contribution in [-0.2, 0) is 0 Å². The molecule has 1 heterocycles. The number of rotatable bonds is 2. The average Bonchev–Trinajstić information content (AvgIpc) is 2.87. The van der Waals surface area contributed by atoms with Crippen molar-refractivity contribution in [3.63, 3.8) is 0 Å². The topological polar surface area (TPSA) is 61.3 Å². The van der Waals surface area contributed by atoms with E-state index >= 15 is 0 Å². The summed E-state index contributed by atoms with van der Waals surface area (Å²) in [5.41, 5.74) is 3.17. The molecule has 0 fully saturated rings. The first-order chi connectivity index (χ1) is 9.22. The Hall–Kier alpha value is -2.33. The molecule has 2 aromatic carbocycles. The summed E-state index contributed by atoms with van der Waals surface area (Å²) < 4.78 is 0. The average molecular weight is 272 g/mol. The number of phenolic OH excluding ortho intramolecular Hbond substituents is 1. The molecule has 0 spiro atoms. The summed E-state index contributed by atoms with van der Waals surface area (Å²) in [6.07, 6.45) is 3.22. The van der Waals surface area contributed by atoms with Crippen molar-refractivity contribution in [2.24, 2.45) is 4.99 Å². The highest BCUT2D eigenvalue weighted by Gasteiger charge is 2.00. The lowest BCUT2D eigenvalue weighted by molar-refractivity contribution is 0.474. The van der Waals surface area contributed by atoms with Gasteiger partial charge < -0.3 is 10.1 Å². The van der Waals surface area contributed by atoms with Crippen molar-refractivity contribution in [1.29, 1.82) is 0 Å². The normalized spacial score (nSPS) is 11.4. The van der Waals surface area contributed by atoms with Gasteiger partial charge in [-0.15, -0.1) is 0 Å². The second-order valence-electron chi connectivity index (χ2n) is 4.07. The minimum Gasteiger partial charge on any atom is -0.507 e. The number of halogens is 1. The van der Waals surface area contributed by atoms with Crippen molar-refractivity contribution in [3.8, 4) is 5.75 Å². The van der Waals surface area contributed by atoms with Crippen LogP contribution in [0.2, 0.25) is 5.02 Å². The smallest absolute Gasteiger partial charge is 0.124 e. The summed E-state index contributed by atoms with van der Waals surface area (Å²) in [4.78, 5) is 11.5. The highest BCUT2D eigenvalue weighted by Crippen LogP contribution is 2.22. The predicted molar refractivity (Wildman–Crippen MR) is 76.5 cm³/mol. The molecule has 19 heavy (non-hydrogen) atoms. The molecule has 0 bridgehead atoms. The zero-order valence-electron chi connectivity index (χ0n) is 9.84. The van der Waals surface area contributed by atoms with Gasteiger partial charge in [-0.1, -0.05) is 11.6 Å². The molecular weight excluding hydrogens is 262 g/mol. The number of nitrogens with zero attached hydrogens (tertiary/aromatic N) is 2. The number of fused-ring (bicyclic) bond motifs is 1. The molecule has 0 aliphatic carbocycles. The van der Waals surface area contributed by atoms with Crippen molar-refractivity contribution in [2.45, 2.75) is 0 Å². The van der Waals surface area contributed by atoms with E-state index in [2.05, 4.69) is 15.0 Å². The van der Waals surface area contributed by atoms with E-state index in [1.807, 2.05) is 18.2 Å². The van der Waals surface area contributed by atoms with E-state index in [0.29, 0.717) is 10.6 Å². The van der Waals surface area contributed by atoms with Gasteiger partial charge in [0.15, 0.2) is 0 Å². The Balaban J connectivity index is 1.95. The number of hydrogen-bond acceptors (Lipinski definition) is 3. The number of phenols is 1. The molecule has 4 nitrogen and oxygen atoms in total. The molecule has 0 radical (unpaired) electrons. The maximum atomic E-state index is 9.69. The largest absolute Gasteiger partial charge is 0.507 e. The standard InChI is InChI=1S/C14H10ClN3O/c15-10-1-4-14(19)9(5-10)7-16-11-2-3-12-13(6-11)18-8-17-12/h1-8,19H,(H,17,18). The highest BCUT2D eigenvalue weighted by molar-refractivity contribution is 6.30. The summed E-state index contributed by atoms with van der Waals surface area (Å²) in [5.74, 6) is 0.149. The maximum absolute atomic E-state index is 9.69. The molecule has 94 valence electrons. The number of hydrogen-bond donors (Lipinski definition) is 2. The molecule has 0 aliphatic heterocycles. The van der Waals surface area contributed by atoms with Crippen LogP contribution in [0.3, 0.4) is 0 Å². The molecule has 2 N–H and O–H groups in total. The molecule has 0 atom stereocenters. The fraction of sp³-hybridized carbons (Fsp3) is 0. The Morgan fingerprint density at radius 2 is 2.11 bits per heavy atom. The Morgan fingerprint density at radius 3 is 3.00 bits per heavy atom. The van der Waals surface area contributed by atoms with E-state index in [4.69, 9.17) is 11.6 Å². The third-order valence-electron chi connectivity index (χ3n) is 2.75. The SMILES string of the molecule is Oc1ccc(Cl)cc1C=Nc1ccc2nc[nH]c2c1. The molecule has 0 saturated heterocycles. The van der Waals surface area contributed by atoms with Crippen molar-refractivity contribution in [3.05, 3.63) is 53.3 Å². The summed E-state index contributed by atoms with van der Waals surface area (Å²) >= 11 is 5.88. The van der Waals surface area contributed by atoms with Crippen LogP contribution >= 0.6 is 11.6 Å². The summed E-state index contributed by atoms with van der Waals surface area (Å²) in [5, 5.41) is 10.2. The van der Waals surface area contributed by atoms with Crippen molar-refractivity contribution >= 4 is 34.5 Å². The van der Waals surface area contributed by atoms with Gasteiger partial charge in [-0.2, -0.15) is 0 Å². The van der Waals surface area contributed by atoms with Crippen LogP contribution in [0, 0.1) is 0 Å². The number of aromatic hydroxyl groups is 1. The maximum Gasteiger partial charge on any atom is 0.124 e. The first-order valence-corrected chi connectivity index (χ1v) is 6.06. The number of aromatic nitrogens is 2. The lowest BCUT2D eigenvalue weighted by atomic mass is 10.2. The predicted octanol–water partition coefficient (Wildman–Crippen LogP) is 3.67. The van der Waals surface area contributed by atoms with Crippen molar-refractivity contribution in [2.75, 3.05) is 0 Å². The number of H-pyrrole nitrogens is 1. The van der Waals surface area contributed by atoms with Gasteiger partial charge in [0.05, 0.1) is 23.0 Å². The number of aromatic amines is 1. The van der Waals surface area contributed by atoms with E-state index in [1.165, 1.54) is 0 Å². The molecule has 0 unspecified atom stereocenters. The molecule has 1 aromatic heterocycles. The van der Waals surface area contributed by atoms with E-state index in [0.717, 1.165) is 16.7 Å². The first kappa shape index (κ1) is 11.7. The molecule has 3 aromatic rings. The van der Waals surface area contributed by atoms with Crippen molar-refractivity contribution in [1.82, 2.24) is 9.97 Å². The minimum absolute atomic E-state index is 0.149. The molecule has 0 aliphatic rings. The number of aliphatic imine (C=N–C) groups is 1.